The molecule has 4 rings (SSSR count). The Morgan fingerprint density at radius 2 is 2.00 bits per heavy atom. The fourth-order valence-electron chi connectivity index (χ4n) is 3.41. The van der Waals surface area contributed by atoms with Crippen LogP contribution < -0.4 is 0 Å². The number of aryl methyl sites for hydroxylation is 2. The smallest absolute Gasteiger partial charge is 0.230 e. The van der Waals surface area contributed by atoms with Crippen LogP contribution in [0.5, 0.6) is 0 Å². The summed E-state index contributed by atoms with van der Waals surface area (Å²) in [5.41, 5.74) is 0. The number of hydrogen-bond donors (Lipinski definition) is 0. The van der Waals surface area contributed by atoms with Crippen molar-refractivity contribution in [1.82, 2.24) is 29.9 Å². The summed E-state index contributed by atoms with van der Waals surface area (Å²) < 4.78 is 7.87. The number of rotatable bonds is 5. The van der Waals surface area contributed by atoms with E-state index in [1.54, 1.807) is 0 Å². The quantitative estimate of drug-likeness (QED) is 0.842. The Hall–Kier alpha value is -1.76. The van der Waals surface area contributed by atoms with Gasteiger partial charge in [-0.05, 0) is 46.1 Å². The molecule has 0 bridgehead atoms. The zero-order chi connectivity index (χ0) is 15.8. The van der Waals surface area contributed by atoms with Gasteiger partial charge in [0.2, 0.25) is 11.8 Å². The van der Waals surface area contributed by atoms with Crippen LogP contribution in [-0.2, 0) is 13.1 Å². The molecule has 1 saturated carbocycles. The summed E-state index contributed by atoms with van der Waals surface area (Å²) in [4.78, 5) is 6.87. The van der Waals surface area contributed by atoms with Crippen molar-refractivity contribution >= 4 is 0 Å². The number of piperidine rings is 1. The average Bonchev–Trinajstić information content (AvgIpc) is 3.20. The van der Waals surface area contributed by atoms with Crippen LogP contribution in [0.2, 0.25) is 0 Å². The van der Waals surface area contributed by atoms with Crippen molar-refractivity contribution in [1.29, 1.82) is 0 Å². The van der Waals surface area contributed by atoms with E-state index in [2.05, 4.69) is 25.2 Å². The van der Waals surface area contributed by atoms with Crippen molar-refractivity contribution in [2.75, 3.05) is 6.54 Å². The Morgan fingerprint density at radius 1 is 1.13 bits per heavy atom. The summed E-state index contributed by atoms with van der Waals surface area (Å²) in [6.45, 7) is 6.68. The van der Waals surface area contributed by atoms with E-state index in [-0.39, 0.29) is 0 Å². The predicted molar refractivity (Wildman–Crippen MR) is 83.8 cm³/mol. The Bertz CT molecular complexity index is 674. The number of hydrogen-bond acceptors (Lipinski definition) is 6. The van der Waals surface area contributed by atoms with Crippen LogP contribution in [0.3, 0.4) is 0 Å². The minimum absolute atomic E-state index is 0.458. The van der Waals surface area contributed by atoms with E-state index in [0.717, 1.165) is 43.1 Å². The molecule has 0 spiro atoms. The van der Waals surface area contributed by atoms with Crippen LogP contribution in [0.4, 0.5) is 0 Å². The Morgan fingerprint density at radius 3 is 2.74 bits per heavy atom. The van der Waals surface area contributed by atoms with Crippen LogP contribution in [0, 0.1) is 13.8 Å². The molecule has 0 aromatic carbocycles. The molecule has 2 fully saturated rings. The zero-order valence-corrected chi connectivity index (χ0v) is 13.9. The van der Waals surface area contributed by atoms with Crippen molar-refractivity contribution in [2.24, 2.45) is 0 Å². The highest BCUT2D eigenvalue weighted by Gasteiger charge is 2.30. The second-order valence-electron chi connectivity index (χ2n) is 6.82. The standard InChI is InChI=1S/C16H24N6O/c1-11-17-12(2)22(20-11)9-14-5-3-4-8-21(14)10-15-18-19-16(23-15)13-6-7-13/h13-14H,3-10H2,1-2H3. The van der Waals surface area contributed by atoms with Crippen LogP contribution in [0.15, 0.2) is 4.42 Å². The Balaban J connectivity index is 1.44. The van der Waals surface area contributed by atoms with Gasteiger partial charge >= 0.3 is 0 Å². The van der Waals surface area contributed by atoms with E-state index in [9.17, 15) is 0 Å². The maximum Gasteiger partial charge on any atom is 0.230 e. The van der Waals surface area contributed by atoms with Gasteiger partial charge in [-0.2, -0.15) is 5.10 Å². The molecule has 23 heavy (non-hydrogen) atoms. The lowest BCUT2D eigenvalue weighted by molar-refractivity contribution is 0.110. The van der Waals surface area contributed by atoms with E-state index in [0.29, 0.717) is 12.0 Å². The highest BCUT2D eigenvalue weighted by Crippen LogP contribution is 2.39. The largest absolute Gasteiger partial charge is 0.424 e. The fourth-order valence-corrected chi connectivity index (χ4v) is 3.41. The Labute approximate surface area is 136 Å². The number of likely N-dealkylation sites (tertiary alicyclic amines) is 1. The van der Waals surface area contributed by atoms with Crippen LogP contribution in [-0.4, -0.2) is 42.4 Å². The third kappa shape index (κ3) is 3.29. The molecule has 7 heteroatoms. The summed E-state index contributed by atoms with van der Waals surface area (Å²) in [6.07, 6.45) is 6.07. The van der Waals surface area contributed by atoms with E-state index in [1.165, 1.54) is 32.1 Å². The van der Waals surface area contributed by atoms with Crippen molar-refractivity contribution in [2.45, 2.75) is 71.0 Å². The Kier molecular flexibility index (Phi) is 3.88. The summed E-state index contributed by atoms with van der Waals surface area (Å²) in [5, 5.41) is 12.9. The molecule has 1 aliphatic heterocycles. The molecule has 124 valence electrons. The minimum Gasteiger partial charge on any atom is -0.424 e. The molecule has 2 aliphatic rings. The lowest BCUT2D eigenvalue weighted by atomic mass is 10.0. The van der Waals surface area contributed by atoms with Gasteiger partial charge in [0.1, 0.15) is 11.6 Å². The predicted octanol–water partition coefficient (Wildman–Crippen LogP) is 2.21. The number of nitrogens with zero attached hydrogens (tertiary/aromatic N) is 6. The van der Waals surface area contributed by atoms with Crippen molar-refractivity contribution < 1.29 is 4.42 Å². The summed E-state index contributed by atoms with van der Waals surface area (Å²) in [6, 6.07) is 0.458. The molecular weight excluding hydrogens is 292 g/mol. The third-order valence-electron chi connectivity index (χ3n) is 4.84. The maximum atomic E-state index is 5.84. The summed E-state index contributed by atoms with van der Waals surface area (Å²) in [5.74, 6) is 3.94. The molecular formula is C16H24N6O. The first-order chi connectivity index (χ1) is 11.2. The molecule has 2 aromatic rings. The molecule has 3 heterocycles. The minimum atomic E-state index is 0.458. The van der Waals surface area contributed by atoms with Gasteiger partial charge in [0.15, 0.2) is 0 Å². The topological polar surface area (TPSA) is 72.9 Å². The molecule has 7 nitrogen and oxygen atoms in total. The monoisotopic (exact) mass is 316 g/mol. The molecule has 2 aromatic heterocycles. The molecule has 1 saturated heterocycles. The molecule has 0 amide bonds. The second-order valence-corrected chi connectivity index (χ2v) is 6.82. The van der Waals surface area contributed by atoms with Gasteiger partial charge in [0.05, 0.1) is 13.1 Å². The van der Waals surface area contributed by atoms with E-state index >= 15 is 0 Å². The summed E-state index contributed by atoms with van der Waals surface area (Å²) in [7, 11) is 0. The highest BCUT2D eigenvalue weighted by molar-refractivity contribution is 5.00. The van der Waals surface area contributed by atoms with E-state index < -0.39 is 0 Å². The van der Waals surface area contributed by atoms with Gasteiger partial charge in [-0.25, -0.2) is 9.67 Å². The fraction of sp³-hybridized carbons (Fsp3) is 0.750. The molecule has 0 radical (unpaired) electrons. The SMILES string of the molecule is Cc1nc(C)n(CC2CCCCN2Cc2nnc(C3CC3)o2)n1. The molecule has 1 unspecified atom stereocenters. The maximum absolute atomic E-state index is 5.84. The second kappa shape index (κ2) is 6.03. The van der Waals surface area contributed by atoms with E-state index in [4.69, 9.17) is 4.42 Å². The van der Waals surface area contributed by atoms with Gasteiger partial charge in [-0.3, -0.25) is 4.90 Å². The van der Waals surface area contributed by atoms with Gasteiger partial charge in [0.25, 0.3) is 0 Å². The molecule has 1 atom stereocenters. The van der Waals surface area contributed by atoms with E-state index in [1.807, 2.05) is 18.5 Å². The first-order valence-corrected chi connectivity index (χ1v) is 8.63. The first-order valence-electron chi connectivity index (χ1n) is 8.63. The average molecular weight is 316 g/mol. The van der Waals surface area contributed by atoms with Crippen molar-refractivity contribution in [3.63, 3.8) is 0 Å². The van der Waals surface area contributed by atoms with Crippen molar-refractivity contribution in [3.05, 3.63) is 23.4 Å². The zero-order valence-electron chi connectivity index (χ0n) is 13.9. The van der Waals surface area contributed by atoms with Crippen LogP contribution in [0.25, 0.3) is 0 Å². The third-order valence-corrected chi connectivity index (χ3v) is 4.84. The van der Waals surface area contributed by atoms with Gasteiger partial charge < -0.3 is 4.42 Å². The lowest BCUT2D eigenvalue weighted by Crippen LogP contribution is -2.42. The van der Waals surface area contributed by atoms with Crippen LogP contribution in [0.1, 0.15) is 61.5 Å². The molecule has 0 N–H and O–H groups in total. The lowest BCUT2D eigenvalue weighted by Gasteiger charge is -2.34. The number of aromatic nitrogens is 5. The van der Waals surface area contributed by atoms with Gasteiger partial charge in [-0.15, -0.1) is 10.2 Å². The highest BCUT2D eigenvalue weighted by atomic mass is 16.4. The summed E-state index contributed by atoms with van der Waals surface area (Å²) >= 11 is 0. The normalized spacial score (nSPS) is 22.6. The molecule has 1 aliphatic carbocycles. The van der Waals surface area contributed by atoms with Crippen LogP contribution >= 0.6 is 0 Å². The first kappa shape index (κ1) is 14.8. The van der Waals surface area contributed by atoms with Gasteiger partial charge in [0, 0.05) is 12.0 Å². The van der Waals surface area contributed by atoms with Gasteiger partial charge in [-0.1, -0.05) is 6.42 Å². The van der Waals surface area contributed by atoms with Crippen molar-refractivity contribution in [3.8, 4) is 0 Å².